The van der Waals surface area contributed by atoms with E-state index in [4.69, 9.17) is 4.74 Å². The van der Waals surface area contributed by atoms with E-state index in [9.17, 15) is 0 Å². The highest BCUT2D eigenvalue weighted by Crippen LogP contribution is 2.01. The molecule has 0 radical (unpaired) electrons. The van der Waals surface area contributed by atoms with E-state index in [2.05, 4.69) is 11.8 Å². The van der Waals surface area contributed by atoms with Crippen molar-refractivity contribution in [3.8, 4) is 0 Å². The fraction of sp³-hybridized carbons (Fsp3) is 0.750. The Morgan fingerprint density at radius 3 is 2.40 bits per heavy atom. The van der Waals surface area contributed by atoms with Crippen LogP contribution in [0.15, 0.2) is 12.0 Å². The lowest BCUT2D eigenvalue weighted by Crippen LogP contribution is -2.18. The van der Waals surface area contributed by atoms with Gasteiger partial charge in [-0.3, -0.25) is 0 Å². The summed E-state index contributed by atoms with van der Waals surface area (Å²) in [5.41, 5.74) is 0. The van der Waals surface area contributed by atoms with Crippen LogP contribution in [0.2, 0.25) is 0 Å². The Bertz CT molecular complexity index is 110. The van der Waals surface area contributed by atoms with Crippen LogP contribution in [-0.4, -0.2) is 25.1 Å². The molecule has 0 N–H and O–H groups in total. The summed E-state index contributed by atoms with van der Waals surface area (Å²) in [6, 6.07) is 0. The zero-order valence-electron chi connectivity index (χ0n) is 7.35. The van der Waals surface area contributed by atoms with Gasteiger partial charge in [0.2, 0.25) is 0 Å². The average Bonchev–Trinajstić information content (AvgIpc) is 1.99. The van der Waals surface area contributed by atoms with Crippen LogP contribution in [0.25, 0.3) is 0 Å². The van der Waals surface area contributed by atoms with Gasteiger partial charge in [-0.25, -0.2) is 0 Å². The topological polar surface area (TPSA) is 12.5 Å². The van der Waals surface area contributed by atoms with E-state index >= 15 is 0 Å². The summed E-state index contributed by atoms with van der Waals surface area (Å²) in [5.74, 6) is 0.963. The molecule has 0 aliphatic rings. The van der Waals surface area contributed by atoms with Gasteiger partial charge in [0.05, 0.1) is 6.61 Å². The highest BCUT2D eigenvalue weighted by Gasteiger charge is 1.98. The molecular formula is C8H17NO. The molecule has 0 fully saturated rings. The molecule has 60 valence electrons. The maximum atomic E-state index is 5.33. The van der Waals surface area contributed by atoms with Gasteiger partial charge in [0.1, 0.15) is 0 Å². The van der Waals surface area contributed by atoms with Gasteiger partial charge in [0, 0.05) is 13.6 Å². The van der Waals surface area contributed by atoms with Crippen LogP contribution in [0.3, 0.4) is 0 Å². The van der Waals surface area contributed by atoms with Gasteiger partial charge in [0.15, 0.2) is 5.88 Å². The second-order valence-corrected chi connectivity index (χ2v) is 2.07. The molecule has 0 atom stereocenters. The van der Waals surface area contributed by atoms with Crippen LogP contribution < -0.4 is 0 Å². The number of ether oxygens (including phenoxy) is 1. The third-order valence-electron chi connectivity index (χ3n) is 1.39. The van der Waals surface area contributed by atoms with Gasteiger partial charge in [0.25, 0.3) is 0 Å². The van der Waals surface area contributed by atoms with Crippen LogP contribution in [0.5, 0.6) is 0 Å². The lowest BCUT2D eigenvalue weighted by Gasteiger charge is -2.19. The van der Waals surface area contributed by atoms with Crippen molar-refractivity contribution in [1.82, 2.24) is 4.90 Å². The summed E-state index contributed by atoms with van der Waals surface area (Å²) >= 11 is 0. The monoisotopic (exact) mass is 143 g/mol. The number of nitrogens with zero attached hydrogens (tertiary/aromatic N) is 1. The third kappa shape index (κ3) is 2.76. The maximum absolute atomic E-state index is 5.33. The van der Waals surface area contributed by atoms with Crippen LogP contribution >= 0.6 is 0 Å². The first-order valence-electron chi connectivity index (χ1n) is 3.76. The number of hydrogen-bond acceptors (Lipinski definition) is 2. The van der Waals surface area contributed by atoms with E-state index in [1.54, 1.807) is 0 Å². The molecule has 0 bridgehead atoms. The second kappa shape index (κ2) is 5.15. The molecule has 0 spiro atoms. The lowest BCUT2D eigenvalue weighted by molar-refractivity contribution is 0.140. The van der Waals surface area contributed by atoms with Crippen molar-refractivity contribution in [3.63, 3.8) is 0 Å². The molecule has 0 saturated carbocycles. The molecule has 0 heterocycles. The Morgan fingerprint density at radius 1 is 1.50 bits per heavy atom. The van der Waals surface area contributed by atoms with E-state index in [1.807, 2.05) is 27.0 Å². The molecule has 0 amide bonds. The zero-order chi connectivity index (χ0) is 7.98. The summed E-state index contributed by atoms with van der Waals surface area (Å²) < 4.78 is 5.33. The van der Waals surface area contributed by atoms with Crippen molar-refractivity contribution in [2.24, 2.45) is 0 Å². The largest absolute Gasteiger partial charge is 0.480 e. The predicted octanol–water partition coefficient (Wildman–Crippen LogP) is 1.84. The first-order chi connectivity index (χ1) is 4.76. The van der Waals surface area contributed by atoms with Gasteiger partial charge in [-0.2, -0.15) is 0 Å². The average molecular weight is 143 g/mol. The zero-order valence-corrected chi connectivity index (χ0v) is 7.35. The number of rotatable bonds is 4. The van der Waals surface area contributed by atoms with Crippen molar-refractivity contribution in [2.75, 3.05) is 20.2 Å². The first-order valence-corrected chi connectivity index (χ1v) is 3.76. The maximum Gasteiger partial charge on any atom is 0.184 e. The Balaban J connectivity index is 3.82. The lowest BCUT2D eigenvalue weighted by atomic mass is 10.5. The minimum Gasteiger partial charge on any atom is -0.480 e. The molecule has 0 aliphatic carbocycles. The summed E-state index contributed by atoms with van der Waals surface area (Å²) in [6.45, 7) is 7.80. The number of allylic oxidation sites excluding steroid dienone is 1. The Morgan fingerprint density at radius 2 is 2.10 bits per heavy atom. The summed E-state index contributed by atoms with van der Waals surface area (Å²) in [4.78, 5) is 2.07. The molecule has 0 aliphatic heterocycles. The van der Waals surface area contributed by atoms with Gasteiger partial charge < -0.3 is 9.64 Å². The van der Waals surface area contributed by atoms with Crippen LogP contribution in [0.4, 0.5) is 0 Å². The minimum absolute atomic E-state index is 0.740. The fourth-order valence-electron chi connectivity index (χ4n) is 0.718. The molecule has 0 unspecified atom stereocenters. The summed E-state index contributed by atoms with van der Waals surface area (Å²) in [5, 5.41) is 0. The van der Waals surface area contributed by atoms with Gasteiger partial charge >= 0.3 is 0 Å². The Hall–Kier alpha value is -0.660. The molecule has 0 aromatic heterocycles. The molecule has 2 nitrogen and oxygen atoms in total. The summed E-state index contributed by atoms with van der Waals surface area (Å²) in [6.07, 6.45) is 1.98. The molecule has 2 heteroatoms. The molecule has 0 rings (SSSR count). The Kier molecular flexibility index (Phi) is 4.81. The molecule has 0 saturated heterocycles. The molecular weight excluding hydrogens is 126 g/mol. The quantitative estimate of drug-likeness (QED) is 0.557. The standard InChI is InChI=1S/C8H17NO/c1-5-8(10-7-3)9(4)6-2/h5H,6-7H2,1-4H3/b8-5-. The first kappa shape index (κ1) is 9.34. The predicted molar refractivity (Wildman–Crippen MR) is 43.7 cm³/mol. The van der Waals surface area contributed by atoms with Crippen LogP contribution in [0, 0.1) is 0 Å². The normalized spacial score (nSPS) is 11.4. The Labute approximate surface area is 63.5 Å². The molecule has 0 aromatic carbocycles. The SMILES string of the molecule is C/C=C(\OCC)N(C)CC. The van der Waals surface area contributed by atoms with E-state index < -0.39 is 0 Å². The fourth-order valence-corrected chi connectivity index (χ4v) is 0.718. The smallest absolute Gasteiger partial charge is 0.184 e. The highest BCUT2D eigenvalue weighted by molar-refractivity contribution is 4.87. The van der Waals surface area contributed by atoms with Crippen molar-refractivity contribution in [3.05, 3.63) is 12.0 Å². The van der Waals surface area contributed by atoms with Crippen LogP contribution in [-0.2, 0) is 4.74 Å². The van der Waals surface area contributed by atoms with Crippen molar-refractivity contribution < 1.29 is 4.74 Å². The van der Waals surface area contributed by atoms with Crippen molar-refractivity contribution >= 4 is 0 Å². The van der Waals surface area contributed by atoms with E-state index in [-0.39, 0.29) is 0 Å². The number of hydrogen-bond donors (Lipinski definition) is 0. The van der Waals surface area contributed by atoms with E-state index in [0.717, 1.165) is 19.0 Å². The van der Waals surface area contributed by atoms with E-state index in [1.165, 1.54) is 0 Å². The van der Waals surface area contributed by atoms with Crippen molar-refractivity contribution in [1.29, 1.82) is 0 Å². The highest BCUT2D eigenvalue weighted by atomic mass is 16.5. The minimum atomic E-state index is 0.740. The second-order valence-electron chi connectivity index (χ2n) is 2.07. The van der Waals surface area contributed by atoms with Gasteiger partial charge in [-0.05, 0) is 26.8 Å². The van der Waals surface area contributed by atoms with Gasteiger partial charge in [-0.1, -0.05) is 0 Å². The van der Waals surface area contributed by atoms with Crippen molar-refractivity contribution in [2.45, 2.75) is 20.8 Å². The molecule has 0 aromatic rings. The van der Waals surface area contributed by atoms with Gasteiger partial charge in [-0.15, -0.1) is 0 Å². The molecule has 10 heavy (non-hydrogen) atoms. The third-order valence-corrected chi connectivity index (χ3v) is 1.39. The summed E-state index contributed by atoms with van der Waals surface area (Å²) in [7, 11) is 2.02. The van der Waals surface area contributed by atoms with E-state index in [0.29, 0.717) is 0 Å². The van der Waals surface area contributed by atoms with Crippen LogP contribution in [0.1, 0.15) is 20.8 Å².